The number of hydrogen-bond acceptors (Lipinski definition) is 2. The Morgan fingerprint density at radius 1 is 0.931 bits per heavy atom. The van der Waals surface area contributed by atoms with E-state index in [0.29, 0.717) is 0 Å². The normalized spacial score (nSPS) is 18.1. The quantitative estimate of drug-likeness (QED) is 0.700. The molecule has 2 aromatic carbocycles. The zero-order valence-electron chi connectivity index (χ0n) is 15.2. The topological polar surface area (TPSA) is 32.7 Å². The molecule has 2 aromatic rings. The highest BCUT2D eigenvalue weighted by molar-refractivity contribution is 6.45. The lowest BCUT2D eigenvalue weighted by Gasteiger charge is -2.38. The Kier molecular flexibility index (Phi) is 4.82. The average Bonchev–Trinajstić information content (AvgIpc) is 2.95. The van der Waals surface area contributed by atoms with Gasteiger partial charge in [-0.3, -0.25) is 4.79 Å². The number of carbonyl (C=O) groups is 1. The molecule has 0 radical (unpaired) electrons. The molecule has 0 unspecified atom stereocenters. The van der Waals surface area contributed by atoms with Crippen molar-refractivity contribution in [1.29, 1.82) is 0 Å². The fraction of sp³-hybridized carbons (Fsp3) is 0.182. The van der Waals surface area contributed by atoms with Crippen LogP contribution in [-0.2, 0) is 17.6 Å². The van der Waals surface area contributed by atoms with Gasteiger partial charge in [-0.05, 0) is 17.2 Å². The van der Waals surface area contributed by atoms with E-state index in [9.17, 15) is 18.0 Å². The lowest BCUT2D eigenvalue weighted by atomic mass is 9.82. The summed E-state index contributed by atoms with van der Waals surface area (Å²) in [4.78, 5) is 18.5. The first-order chi connectivity index (χ1) is 13.8. The van der Waals surface area contributed by atoms with Crippen LogP contribution in [0.2, 0.25) is 0 Å². The van der Waals surface area contributed by atoms with Gasteiger partial charge in [0.1, 0.15) is 5.54 Å². The highest BCUT2D eigenvalue weighted by atomic mass is 35.5. The van der Waals surface area contributed by atoms with E-state index in [1.807, 2.05) is 60.7 Å². The lowest BCUT2D eigenvalue weighted by Crippen LogP contribution is -2.53. The van der Waals surface area contributed by atoms with Crippen LogP contribution < -0.4 is 0 Å². The van der Waals surface area contributed by atoms with Crippen molar-refractivity contribution >= 4 is 23.3 Å². The van der Waals surface area contributed by atoms with Gasteiger partial charge in [-0.15, -0.1) is 0 Å². The number of amidine groups is 1. The second-order valence-corrected chi connectivity index (χ2v) is 7.45. The Bertz CT molecular complexity index is 986. The number of halogens is 4. The van der Waals surface area contributed by atoms with Crippen molar-refractivity contribution in [1.82, 2.24) is 4.90 Å². The zero-order chi connectivity index (χ0) is 20.6. The number of fused-ring (bicyclic) bond motifs is 1. The van der Waals surface area contributed by atoms with Crippen molar-refractivity contribution in [3.63, 3.8) is 0 Å². The summed E-state index contributed by atoms with van der Waals surface area (Å²) >= 11 is 6.11. The first-order valence-electron chi connectivity index (χ1n) is 8.96. The molecule has 0 saturated carbocycles. The number of amides is 1. The Morgan fingerprint density at radius 3 is 1.93 bits per heavy atom. The van der Waals surface area contributed by atoms with Crippen LogP contribution in [0.5, 0.6) is 0 Å². The van der Waals surface area contributed by atoms with Gasteiger partial charge in [-0.1, -0.05) is 72.3 Å². The monoisotopic (exact) mass is 416 g/mol. The van der Waals surface area contributed by atoms with E-state index in [0.717, 1.165) is 23.4 Å². The maximum absolute atomic E-state index is 13.5. The molecule has 0 aliphatic carbocycles. The average molecular weight is 417 g/mol. The largest absolute Gasteiger partial charge is 0.417 e. The third-order valence-electron chi connectivity index (χ3n) is 5.07. The summed E-state index contributed by atoms with van der Waals surface area (Å²) in [5.41, 5.74) is -0.605. The molecule has 2 aliphatic rings. The molecule has 0 N–H and O–H groups in total. The molecule has 1 amide bonds. The van der Waals surface area contributed by atoms with Gasteiger partial charge in [0.05, 0.1) is 10.6 Å². The van der Waals surface area contributed by atoms with E-state index in [-0.39, 0.29) is 23.7 Å². The Balaban J connectivity index is 1.84. The van der Waals surface area contributed by atoms with Crippen LogP contribution in [-0.4, -0.2) is 28.4 Å². The second kappa shape index (κ2) is 7.19. The molecule has 0 aromatic heterocycles. The van der Waals surface area contributed by atoms with Crippen LogP contribution in [0.15, 0.2) is 88.5 Å². The van der Waals surface area contributed by atoms with Crippen LogP contribution in [0.1, 0.15) is 11.1 Å². The highest BCUT2D eigenvalue weighted by Gasteiger charge is 2.52. The maximum atomic E-state index is 13.5. The number of aliphatic imine (C=N–C) groups is 1. The standard InChI is InChI=1S/C22H16ClF3N2O/c23-18-11-17(22(24,25)26)14-28-19(18)27-20(29)21(28,12-15-7-3-1-4-8-15)13-16-9-5-2-6-10-16/h1-11,14H,12-13H2. The van der Waals surface area contributed by atoms with E-state index in [1.165, 1.54) is 4.90 Å². The minimum absolute atomic E-state index is 0.0523. The lowest BCUT2D eigenvalue weighted by molar-refractivity contribution is -0.125. The third kappa shape index (κ3) is 3.60. The summed E-state index contributed by atoms with van der Waals surface area (Å²) < 4.78 is 40.4. The number of allylic oxidation sites excluding steroid dienone is 2. The summed E-state index contributed by atoms with van der Waals surface area (Å²) in [5.74, 6) is -0.456. The first kappa shape index (κ1) is 19.5. The van der Waals surface area contributed by atoms with Crippen LogP contribution >= 0.6 is 11.6 Å². The molecule has 0 saturated heterocycles. The highest BCUT2D eigenvalue weighted by Crippen LogP contribution is 2.41. The van der Waals surface area contributed by atoms with E-state index in [1.54, 1.807) is 0 Å². The summed E-state index contributed by atoms with van der Waals surface area (Å²) in [6.45, 7) is 0. The van der Waals surface area contributed by atoms with Gasteiger partial charge in [0, 0.05) is 19.0 Å². The van der Waals surface area contributed by atoms with Crippen molar-refractivity contribution < 1.29 is 18.0 Å². The summed E-state index contributed by atoms with van der Waals surface area (Å²) in [6.07, 6.45) is -2.45. The molecule has 4 rings (SSSR count). The third-order valence-corrected chi connectivity index (χ3v) is 5.34. The van der Waals surface area contributed by atoms with E-state index in [2.05, 4.69) is 4.99 Å². The smallest absolute Gasteiger partial charge is 0.315 e. The molecular weight excluding hydrogens is 401 g/mol. The molecule has 2 aliphatic heterocycles. The first-order valence-corrected chi connectivity index (χ1v) is 9.34. The van der Waals surface area contributed by atoms with Gasteiger partial charge in [-0.25, -0.2) is 0 Å². The fourth-order valence-corrected chi connectivity index (χ4v) is 3.95. The number of benzene rings is 2. The number of nitrogens with zero attached hydrogens (tertiary/aromatic N) is 2. The van der Waals surface area contributed by atoms with Crippen LogP contribution in [0.3, 0.4) is 0 Å². The number of carbonyl (C=O) groups excluding carboxylic acids is 1. The minimum Gasteiger partial charge on any atom is -0.315 e. The van der Waals surface area contributed by atoms with Gasteiger partial charge in [0.25, 0.3) is 5.91 Å². The fourth-order valence-electron chi connectivity index (χ4n) is 3.70. The van der Waals surface area contributed by atoms with Crippen molar-refractivity contribution in [2.45, 2.75) is 24.6 Å². The van der Waals surface area contributed by atoms with Gasteiger partial charge in [0.15, 0.2) is 5.84 Å². The molecule has 0 fully saturated rings. The summed E-state index contributed by atoms with van der Waals surface area (Å²) in [5, 5.41) is -0.198. The zero-order valence-corrected chi connectivity index (χ0v) is 15.9. The second-order valence-electron chi connectivity index (χ2n) is 7.04. The van der Waals surface area contributed by atoms with Gasteiger partial charge < -0.3 is 4.90 Å². The van der Waals surface area contributed by atoms with Crippen molar-refractivity contribution in [2.24, 2.45) is 4.99 Å². The number of alkyl halides is 3. The molecule has 0 spiro atoms. The Hall–Kier alpha value is -2.86. The van der Waals surface area contributed by atoms with E-state index < -0.39 is 23.2 Å². The summed E-state index contributed by atoms with van der Waals surface area (Å²) in [7, 11) is 0. The summed E-state index contributed by atoms with van der Waals surface area (Å²) in [6, 6.07) is 18.4. The van der Waals surface area contributed by atoms with Crippen molar-refractivity contribution in [2.75, 3.05) is 0 Å². The molecule has 148 valence electrons. The predicted molar refractivity (Wildman–Crippen MR) is 105 cm³/mol. The SMILES string of the molecule is O=C1N=C2C(Cl)=CC(C(F)(F)F)=CN2C1(Cc1ccccc1)Cc1ccccc1. The molecule has 3 nitrogen and oxygen atoms in total. The molecule has 7 heteroatoms. The van der Waals surface area contributed by atoms with Gasteiger partial charge in [-0.2, -0.15) is 18.2 Å². The predicted octanol–water partition coefficient (Wildman–Crippen LogP) is 5.03. The minimum atomic E-state index is -4.59. The van der Waals surface area contributed by atoms with E-state index in [4.69, 9.17) is 11.6 Å². The number of rotatable bonds is 4. The van der Waals surface area contributed by atoms with Crippen molar-refractivity contribution in [3.8, 4) is 0 Å². The van der Waals surface area contributed by atoms with E-state index >= 15 is 0 Å². The Morgan fingerprint density at radius 2 is 1.45 bits per heavy atom. The van der Waals surface area contributed by atoms with Crippen LogP contribution in [0, 0.1) is 0 Å². The molecule has 2 heterocycles. The van der Waals surface area contributed by atoms with Crippen LogP contribution in [0.4, 0.5) is 13.2 Å². The molecule has 0 bridgehead atoms. The number of hydrogen-bond donors (Lipinski definition) is 0. The molecular formula is C22H16ClF3N2O. The molecule has 0 atom stereocenters. The van der Waals surface area contributed by atoms with Crippen LogP contribution in [0.25, 0.3) is 0 Å². The van der Waals surface area contributed by atoms with Crippen molar-refractivity contribution in [3.05, 3.63) is 94.7 Å². The maximum Gasteiger partial charge on any atom is 0.417 e. The van der Waals surface area contributed by atoms with Gasteiger partial charge in [0.2, 0.25) is 0 Å². The Labute approximate surface area is 170 Å². The van der Waals surface area contributed by atoms with Gasteiger partial charge >= 0.3 is 6.18 Å². The molecule has 29 heavy (non-hydrogen) atoms.